The molecule has 0 radical (unpaired) electrons. The van der Waals surface area contributed by atoms with Crippen molar-refractivity contribution in [1.29, 1.82) is 0 Å². The van der Waals surface area contributed by atoms with E-state index in [2.05, 4.69) is 4.98 Å². The van der Waals surface area contributed by atoms with Gasteiger partial charge < -0.3 is 14.5 Å². The van der Waals surface area contributed by atoms with Crippen LogP contribution in [0, 0.1) is 16.4 Å². The van der Waals surface area contributed by atoms with Crippen molar-refractivity contribution in [3.05, 3.63) is 87.5 Å². The second kappa shape index (κ2) is 6.87. The van der Waals surface area contributed by atoms with Crippen molar-refractivity contribution < 1.29 is 13.6 Å². The molecule has 1 amide bonds. The molecule has 2 aliphatic rings. The maximum Gasteiger partial charge on any atom is 0.228 e. The third kappa shape index (κ3) is 2.99. The lowest BCUT2D eigenvalue weighted by Gasteiger charge is -2.17. The summed E-state index contributed by atoms with van der Waals surface area (Å²) in [5, 5.41) is 0. The molecule has 0 spiro atoms. The molecule has 0 unspecified atom stereocenters. The summed E-state index contributed by atoms with van der Waals surface area (Å²) in [5.74, 6) is -0.802. The van der Waals surface area contributed by atoms with Crippen LogP contribution >= 0.6 is 12.2 Å². The zero-order chi connectivity index (χ0) is 21.0. The second-order valence-corrected chi connectivity index (χ2v) is 8.72. The number of H-pyrrole nitrogens is 1. The van der Waals surface area contributed by atoms with E-state index in [4.69, 9.17) is 12.2 Å². The first kappa shape index (κ1) is 19.2. The summed E-state index contributed by atoms with van der Waals surface area (Å²) in [6.07, 6.45) is 0.939. The van der Waals surface area contributed by atoms with E-state index in [-0.39, 0.29) is 24.1 Å². The lowest BCUT2D eigenvalue weighted by Crippen LogP contribution is -2.28. The van der Waals surface area contributed by atoms with Crippen molar-refractivity contribution in [3.8, 4) is 0 Å². The quantitative estimate of drug-likeness (QED) is 0.613. The third-order valence-electron chi connectivity index (χ3n) is 6.43. The van der Waals surface area contributed by atoms with Gasteiger partial charge in [0.25, 0.3) is 0 Å². The molecule has 30 heavy (non-hydrogen) atoms. The maximum atomic E-state index is 14.5. The van der Waals surface area contributed by atoms with Gasteiger partial charge in [0.05, 0.1) is 6.42 Å². The fraction of sp³-hybridized carbons (Fsp3) is 0.304. The van der Waals surface area contributed by atoms with Crippen LogP contribution in [0.1, 0.15) is 34.9 Å². The summed E-state index contributed by atoms with van der Waals surface area (Å²) in [4.78, 5) is 17.7. The van der Waals surface area contributed by atoms with Crippen molar-refractivity contribution in [2.24, 2.45) is 0 Å². The highest BCUT2D eigenvalue weighted by molar-refractivity contribution is 7.71. The number of fused-ring (bicyclic) bond motifs is 3. The van der Waals surface area contributed by atoms with E-state index in [1.807, 2.05) is 34.9 Å². The van der Waals surface area contributed by atoms with Crippen LogP contribution in [0.15, 0.2) is 48.5 Å². The summed E-state index contributed by atoms with van der Waals surface area (Å²) in [5.41, 5.74) is 2.75. The lowest BCUT2D eigenvalue weighted by molar-refractivity contribution is -0.129. The highest BCUT2D eigenvalue weighted by Crippen LogP contribution is 2.66. The number of rotatable bonds is 5. The third-order valence-corrected chi connectivity index (χ3v) is 6.75. The molecule has 1 aliphatic carbocycles. The number of nitrogens with zero attached hydrogens (tertiary/aromatic N) is 2. The van der Waals surface area contributed by atoms with E-state index in [1.54, 1.807) is 11.9 Å². The minimum atomic E-state index is -0.460. The molecule has 3 aromatic rings. The van der Waals surface area contributed by atoms with Crippen LogP contribution in [-0.2, 0) is 29.7 Å². The highest BCUT2D eigenvalue weighted by Gasteiger charge is 2.63. The molecule has 0 saturated heterocycles. The van der Waals surface area contributed by atoms with Gasteiger partial charge >= 0.3 is 0 Å². The summed E-state index contributed by atoms with van der Waals surface area (Å²) < 4.78 is 30.7. The number of aromatic nitrogens is 2. The van der Waals surface area contributed by atoms with Crippen LogP contribution in [0.5, 0.6) is 0 Å². The van der Waals surface area contributed by atoms with Gasteiger partial charge in [0.1, 0.15) is 11.6 Å². The van der Waals surface area contributed by atoms with Crippen LogP contribution in [-0.4, -0.2) is 27.4 Å². The van der Waals surface area contributed by atoms with Gasteiger partial charge in [-0.05, 0) is 48.0 Å². The SMILES string of the molecule is CN(Cc1ccccc1)C(=O)Cc1[nH]c(=S)n2c1[C@@H]1C[C@]1(c1cc(F)ccc1F)C2. The molecule has 2 heterocycles. The number of aromatic amines is 1. The van der Waals surface area contributed by atoms with E-state index >= 15 is 0 Å². The summed E-state index contributed by atoms with van der Waals surface area (Å²) in [7, 11) is 1.78. The number of carbonyl (C=O) groups is 1. The second-order valence-electron chi connectivity index (χ2n) is 8.33. The number of benzene rings is 2. The Morgan fingerprint density at radius 1 is 1.27 bits per heavy atom. The van der Waals surface area contributed by atoms with E-state index in [0.717, 1.165) is 29.4 Å². The van der Waals surface area contributed by atoms with Gasteiger partial charge in [-0.15, -0.1) is 0 Å². The smallest absolute Gasteiger partial charge is 0.228 e. The Kier molecular flexibility index (Phi) is 4.39. The maximum absolute atomic E-state index is 14.5. The molecule has 1 fully saturated rings. The number of hydrogen-bond acceptors (Lipinski definition) is 2. The minimum Gasteiger partial charge on any atom is -0.341 e. The first-order valence-electron chi connectivity index (χ1n) is 9.94. The standard InChI is InChI=1S/C23H21F2N3OS/c1-27(12-14-5-3-2-4-6-14)20(29)10-19-21-17-11-23(17,13-28(21)22(30)26-19)16-9-15(24)7-8-18(16)25/h2-9,17H,10-13H2,1H3,(H,26,30)/t17-,23+/m0/s1. The van der Waals surface area contributed by atoms with Crippen LogP contribution in [0.2, 0.25) is 0 Å². The Bertz CT molecular complexity index is 1200. The van der Waals surface area contributed by atoms with E-state index in [1.165, 1.54) is 12.1 Å². The Balaban J connectivity index is 1.39. The molecule has 0 bridgehead atoms. The van der Waals surface area contributed by atoms with E-state index < -0.39 is 11.2 Å². The van der Waals surface area contributed by atoms with Gasteiger partial charge in [0.15, 0.2) is 4.77 Å². The van der Waals surface area contributed by atoms with Gasteiger partial charge in [0, 0.05) is 42.9 Å². The zero-order valence-corrected chi connectivity index (χ0v) is 17.3. The zero-order valence-electron chi connectivity index (χ0n) is 16.5. The molecular formula is C23H21F2N3OS. The van der Waals surface area contributed by atoms with E-state index in [0.29, 0.717) is 23.4 Å². The van der Waals surface area contributed by atoms with Gasteiger partial charge in [-0.3, -0.25) is 4.79 Å². The summed E-state index contributed by atoms with van der Waals surface area (Å²) in [6.45, 7) is 1.04. The van der Waals surface area contributed by atoms with Crippen molar-refractivity contribution in [3.63, 3.8) is 0 Å². The number of likely N-dealkylation sites (N-methyl/N-ethyl adjacent to an activating group) is 1. The summed E-state index contributed by atoms with van der Waals surface area (Å²) >= 11 is 5.47. The predicted octanol–water partition coefficient (Wildman–Crippen LogP) is 4.46. The van der Waals surface area contributed by atoms with Crippen LogP contribution in [0.3, 0.4) is 0 Å². The molecule has 1 saturated carbocycles. The molecule has 1 aliphatic heterocycles. The van der Waals surface area contributed by atoms with Crippen LogP contribution in [0.4, 0.5) is 8.78 Å². The molecular weight excluding hydrogens is 404 g/mol. The molecule has 2 aromatic carbocycles. The molecule has 154 valence electrons. The first-order valence-corrected chi connectivity index (χ1v) is 10.3. The number of hydrogen-bond donors (Lipinski definition) is 1. The van der Waals surface area contributed by atoms with Gasteiger partial charge in [0.2, 0.25) is 5.91 Å². The van der Waals surface area contributed by atoms with E-state index in [9.17, 15) is 13.6 Å². The van der Waals surface area contributed by atoms with Crippen molar-refractivity contribution >= 4 is 18.1 Å². The Labute approximate surface area is 178 Å². The molecule has 7 heteroatoms. The Morgan fingerprint density at radius 3 is 2.80 bits per heavy atom. The fourth-order valence-corrected chi connectivity index (χ4v) is 5.12. The van der Waals surface area contributed by atoms with Gasteiger partial charge in [-0.1, -0.05) is 30.3 Å². The number of nitrogens with one attached hydrogen (secondary N) is 1. The predicted molar refractivity (Wildman–Crippen MR) is 112 cm³/mol. The fourth-order valence-electron chi connectivity index (χ4n) is 4.84. The lowest BCUT2D eigenvalue weighted by atomic mass is 9.93. The normalized spacial score (nSPS) is 21.2. The molecule has 2 atom stereocenters. The summed E-state index contributed by atoms with van der Waals surface area (Å²) in [6, 6.07) is 13.4. The van der Waals surface area contributed by atoms with Gasteiger partial charge in [-0.2, -0.15) is 0 Å². The molecule has 5 rings (SSSR count). The number of carbonyl (C=O) groups excluding carboxylic acids is 1. The molecule has 1 aromatic heterocycles. The monoisotopic (exact) mass is 425 g/mol. The minimum absolute atomic E-state index is 0.0198. The first-order chi connectivity index (χ1) is 14.4. The van der Waals surface area contributed by atoms with Crippen molar-refractivity contribution in [2.45, 2.75) is 37.3 Å². The molecule has 1 N–H and O–H groups in total. The van der Waals surface area contributed by atoms with Crippen molar-refractivity contribution in [2.75, 3.05) is 7.05 Å². The van der Waals surface area contributed by atoms with Gasteiger partial charge in [-0.25, -0.2) is 8.78 Å². The Hall–Kier alpha value is -2.80. The van der Waals surface area contributed by atoms with Crippen LogP contribution < -0.4 is 0 Å². The topological polar surface area (TPSA) is 41.0 Å². The highest BCUT2D eigenvalue weighted by atomic mass is 32.1. The van der Waals surface area contributed by atoms with Crippen molar-refractivity contribution in [1.82, 2.24) is 14.5 Å². The molecule has 4 nitrogen and oxygen atoms in total. The average molecular weight is 426 g/mol. The largest absolute Gasteiger partial charge is 0.341 e. The number of imidazole rings is 1. The number of amides is 1. The number of halogens is 2. The Morgan fingerprint density at radius 2 is 2.03 bits per heavy atom. The average Bonchev–Trinajstić information content (AvgIpc) is 3.22. The van der Waals surface area contributed by atoms with Crippen LogP contribution in [0.25, 0.3) is 0 Å².